The van der Waals surface area contributed by atoms with Gasteiger partial charge in [0.2, 0.25) is 10.0 Å². The van der Waals surface area contributed by atoms with Crippen LogP contribution in [0.15, 0.2) is 46.0 Å². The fourth-order valence-electron chi connectivity index (χ4n) is 3.10. The second-order valence-corrected chi connectivity index (χ2v) is 8.90. The summed E-state index contributed by atoms with van der Waals surface area (Å²) in [6.07, 6.45) is 3.22. The SMILES string of the molecule is Cc1ncc(-c2cc(-c3cc(S(=O)(=O)NCC4COC4)ccc3C)cnc2N)o1. The summed E-state index contributed by atoms with van der Waals surface area (Å²) in [4.78, 5) is 8.56. The van der Waals surface area contributed by atoms with Crippen LogP contribution in [0.3, 0.4) is 0 Å². The molecule has 9 heteroatoms. The van der Waals surface area contributed by atoms with E-state index in [0.29, 0.717) is 42.8 Å². The maximum absolute atomic E-state index is 12.7. The molecule has 3 heterocycles. The zero-order valence-corrected chi connectivity index (χ0v) is 17.0. The van der Waals surface area contributed by atoms with E-state index in [-0.39, 0.29) is 10.8 Å². The number of aromatic nitrogens is 2. The van der Waals surface area contributed by atoms with Crippen LogP contribution in [0.25, 0.3) is 22.5 Å². The number of benzene rings is 1. The largest absolute Gasteiger partial charge is 0.441 e. The molecule has 0 saturated carbocycles. The number of aryl methyl sites for hydroxylation is 2. The number of nitrogens with two attached hydrogens (primary N) is 1. The van der Waals surface area contributed by atoms with Crippen molar-refractivity contribution >= 4 is 15.8 Å². The third kappa shape index (κ3) is 4.02. The molecule has 0 bridgehead atoms. The molecule has 1 aliphatic heterocycles. The second kappa shape index (κ2) is 7.58. The number of oxazole rings is 1. The number of nitrogens with one attached hydrogen (secondary N) is 1. The van der Waals surface area contributed by atoms with Crippen LogP contribution in [0.4, 0.5) is 5.82 Å². The Balaban J connectivity index is 1.69. The summed E-state index contributed by atoms with van der Waals surface area (Å²) >= 11 is 0. The van der Waals surface area contributed by atoms with Crippen LogP contribution in [-0.4, -0.2) is 38.1 Å². The lowest BCUT2D eigenvalue weighted by Crippen LogP contribution is -2.39. The molecule has 0 aliphatic carbocycles. The zero-order chi connectivity index (χ0) is 20.6. The van der Waals surface area contributed by atoms with Crippen molar-refractivity contribution in [1.29, 1.82) is 0 Å². The minimum atomic E-state index is -3.63. The lowest BCUT2D eigenvalue weighted by atomic mass is 10.0. The predicted molar refractivity (Wildman–Crippen MR) is 109 cm³/mol. The van der Waals surface area contributed by atoms with Gasteiger partial charge in [0.25, 0.3) is 0 Å². The smallest absolute Gasteiger partial charge is 0.240 e. The van der Waals surface area contributed by atoms with Gasteiger partial charge in [0.05, 0.1) is 29.9 Å². The van der Waals surface area contributed by atoms with Gasteiger partial charge < -0.3 is 14.9 Å². The van der Waals surface area contributed by atoms with Gasteiger partial charge in [-0.05, 0) is 36.2 Å². The Morgan fingerprint density at radius 2 is 1.93 bits per heavy atom. The number of hydrogen-bond acceptors (Lipinski definition) is 7. The number of hydrogen-bond donors (Lipinski definition) is 2. The maximum atomic E-state index is 12.7. The quantitative estimate of drug-likeness (QED) is 0.636. The molecule has 152 valence electrons. The van der Waals surface area contributed by atoms with Crippen molar-refractivity contribution in [3.05, 3.63) is 48.1 Å². The molecular weight excluding hydrogens is 392 g/mol. The van der Waals surface area contributed by atoms with Gasteiger partial charge in [-0.3, -0.25) is 0 Å². The van der Waals surface area contributed by atoms with Gasteiger partial charge in [0, 0.05) is 31.1 Å². The highest BCUT2D eigenvalue weighted by Gasteiger charge is 2.23. The van der Waals surface area contributed by atoms with Gasteiger partial charge >= 0.3 is 0 Å². The van der Waals surface area contributed by atoms with Crippen LogP contribution in [0, 0.1) is 19.8 Å². The Morgan fingerprint density at radius 3 is 2.59 bits per heavy atom. The molecule has 29 heavy (non-hydrogen) atoms. The van der Waals surface area contributed by atoms with Crippen molar-refractivity contribution in [2.45, 2.75) is 18.7 Å². The van der Waals surface area contributed by atoms with Crippen LogP contribution in [0.5, 0.6) is 0 Å². The first-order valence-corrected chi connectivity index (χ1v) is 10.7. The Bertz CT molecular complexity index is 1150. The summed E-state index contributed by atoms with van der Waals surface area (Å²) in [6, 6.07) is 6.87. The summed E-state index contributed by atoms with van der Waals surface area (Å²) < 4.78 is 38.7. The molecule has 1 aliphatic rings. The van der Waals surface area contributed by atoms with Gasteiger partial charge in [-0.2, -0.15) is 0 Å². The molecule has 2 aromatic heterocycles. The summed E-state index contributed by atoms with van der Waals surface area (Å²) in [7, 11) is -3.63. The number of ether oxygens (including phenoxy) is 1. The van der Waals surface area contributed by atoms with E-state index >= 15 is 0 Å². The molecule has 3 N–H and O–H groups in total. The lowest BCUT2D eigenvalue weighted by molar-refractivity contribution is -0.0283. The highest BCUT2D eigenvalue weighted by Crippen LogP contribution is 2.32. The highest BCUT2D eigenvalue weighted by atomic mass is 32.2. The maximum Gasteiger partial charge on any atom is 0.240 e. The van der Waals surface area contributed by atoms with Crippen LogP contribution in [0.2, 0.25) is 0 Å². The molecule has 1 saturated heterocycles. The monoisotopic (exact) mass is 414 g/mol. The molecule has 1 aromatic carbocycles. The Kier molecular flexibility index (Phi) is 5.12. The molecule has 0 atom stereocenters. The number of sulfonamides is 1. The molecular formula is C20H22N4O4S. The summed E-state index contributed by atoms with van der Waals surface area (Å²) in [5.41, 5.74) is 9.04. The standard InChI is InChI=1S/C20H22N4O4S/c1-12-3-4-16(29(25,26)24-7-14-10-27-11-14)6-17(12)15-5-18(20(21)23-8-15)19-9-22-13(2)28-19/h3-6,8-9,14,24H,7,10-11H2,1-2H3,(H2,21,23). The molecule has 8 nitrogen and oxygen atoms in total. The van der Waals surface area contributed by atoms with Crippen molar-refractivity contribution in [2.75, 3.05) is 25.5 Å². The van der Waals surface area contributed by atoms with E-state index in [2.05, 4.69) is 14.7 Å². The Labute approximate surface area is 169 Å². The first-order chi connectivity index (χ1) is 13.8. The van der Waals surface area contributed by atoms with Crippen LogP contribution in [-0.2, 0) is 14.8 Å². The molecule has 0 radical (unpaired) electrons. The van der Waals surface area contributed by atoms with Crippen molar-refractivity contribution in [3.63, 3.8) is 0 Å². The van der Waals surface area contributed by atoms with Crippen molar-refractivity contribution in [1.82, 2.24) is 14.7 Å². The number of pyridine rings is 1. The third-order valence-electron chi connectivity index (χ3n) is 4.90. The average Bonchev–Trinajstić information content (AvgIpc) is 3.07. The van der Waals surface area contributed by atoms with E-state index < -0.39 is 10.0 Å². The van der Waals surface area contributed by atoms with Crippen molar-refractivity contribution in [2.24, 2.45) is 5.92 Å². The van der Waals surface area contributed by atoms with E-state index in [9.17, 15) is 8.42 Å². The fraction of sp³-hybridized carbons (Fsp3) is 0.300. The minimum absolute atomic E-state index is 0.201. The van der Waals surface area contributed by atoms with E-state index in [1.165, 1.54) is 0 Å². The Hall–Kier alpha value is -2.75. The number of rotatable bonds is 6. The first-order valence-electron chi connectivity index (χ1n) is 9.20. The number of nitrogen functional groups attached to an aromatic ring is 1. The second-order valence-electron chi connectivity index (χ2n) is 7.13. The number of anilines is 1. The van der Waals surface area contributed by atoms with E-state index in [0.717, 1.165) is 16.7 Å². The molecule has 0 unspecified atom stereocenters. The first kappa shape index (κ1) is 19.6. The molecule has 3 aromatic rings. The fourth-order valence-corrected chi connectivity index (χ4v) is 4.24. The third-order valence-corrected chi connectivity index (χ3v) is 6.33. The minimum Gasteiger partial charge on any atom is -0.441 e. The highest BCUT2D eigenvalue weighted by molar-refractivity contribution is 7.89. The normalized spacial score (nSPS) is 14.7. The lowest BCUT2D eigenvalue weighted by Gasteiger charge is -2.25. The van der Waals surface area contributed by atoms with Crippen LogP contribution < -0.4 is 10.5 Å². The topological polar surface area (TPSA) is 120 Å². The zero-order valence-electron chi connectivity index (χ0n) is 16.2. The van der Waals surface area contributed by atoms with E-state index in [1.54, 1.807) is 37.5 Å². The Morgan fingerprint density at radius 1 is 1.14 bits per heavy atom. The van der Waals surface area contributed by atoms with Crippen LogP contribution in [0.1, 0.15) is 11.5 Å². The van der Waals surface area contributed by atoms with Crippen molar-refractivity contribution in [3.8, 4) is 22.5 Å². The van der Waals surface area contributed by atoms with Gasteiger partial charge in [-0.15, -0.1) is 0 Å². The molecule has 0 amide bonds. The molecule has 0 spiro atoms. The van der Waals surface area contributed by atoms with Gasteiger partial charge in [-0.25, -0.2) is 23.1 Å². The van der Waals surface area contributed by atoms with Gasteiger partial charge in [0.15, 0.2) is 11.7 Å². The summed E-state index contributed by atoms with van der Waals surface area (Å²) in [5, 5.41) is 0. The predicted octanol–water partition coefficient (Wildman–Crippen LogP) is 2.53. The van der Waals surface area contributed by atoms with Crippen molar-refractivity contribution < 1.29 is 17.6 Å². The van der Waals surface area contributed by atoms with Gasteiger partial charge in [-0.1, -0.05) is 6.07 Å². The average molecular weight is 414 g/mol. The van der Waals surface area contributed by atoms with E-state index in [1.807, 2.05) is 13.0 Å². The summed E-state index contributed by atoms with van der Waals surface area (Å²) in [6.45, 7) is 5.20. The van der Waals surface area contributed by atoms with E-state index in [4.69, 9.17) is 14.9 Å². The number of nitrogens with zero attached hydrogens (tertiary/aromatic N) is 2. The van der Waals surface area contributed by atoms with Crippen LogP contribution >= 0.6 is 0 Å². The summed E-state index contributed by atoms with van der Waals surface area (Å²) in [5.74, 6) is 1.58. The molecule has 1 fully saturated rings. The molecule has 4 rings (SSSR count). The van der Waals surface area contributed by atoms with Gasteiger partial charge in [0.1, 0.15) is 5.82 Å².